The molecule has 84 valence electrons. The third-order valence-electron chi connectivity index (χ3n) is 2.61. The fraction of sp³-hybridized carbons (Fsp3) is 0.538. The zero-order valence-corrected chi connectivity index (χ0v) is 11.5. The third kappa shape index (κ3) is 5.52. The largest absolute Gasteiger partial charge is 0.328 e. The minimum Gasteiger partial charge on any atom is -0.328 e. The molecule has 0 saturated carbocycles. The molecule has 0 bridgehead atoms. The average Bonchev–Trinajstić information content (AvgIpc) is 2.21. The van der Waals surface area contributed by atoms with E-state index in [4.69, 9.17) is 5.73 Å². The maximum Gasteiger partial charge on any atom is 0.0130 e. The molecule has 0 heterocycles. The molecule has 1 nitrogen and oxygen atoms in total. The Balaban J connectivity index is 2.22. The molecule has 0 aliphatic heterocycles. The Morgan fingerprint density at radius 3 is 2.47 bits per heavy atom. The predicted molar refractivity (Wildman–Crippen MR) is 75.0 cm³/mol. The number of hydrogen-bond donors (Lipinski definition) is 1. The summed E-state index contributed by atoms with van der Waals surface area (Å²) in [6, 6.07) is 9.17. The molecule has 0 saturated heterocycles. The van der Waals surface area contributed by atoms with Gasteiger partial charge in [-0.3, -0.25) is 0 Å². The van der Waals surface area contributed by atoms with E-state index in [2.05, 4.69) is 53.8 Å². The first-order valence-corrected chi connectivity index (χ1v) is 6.80. The highest BCUT2D eigenvalue weighted by Crippen LogP contribution is 2.11. The van der Waals surface area contributed by atoms with E-state index in [9.17, 15) is 0 Å². The molecule has 0 amide bonds. The summed E-state index contributed by atoms with van der Waals surface area (Å²) in [5, 5.41) is 0. The maximum absolute atomic E-state index is 5.97. The molecule has 0 fully saturated rings. The highest BCUT2D eigenvalue weighted by molar-refractivity contribution is 14.1. The maximum atomic E-state index is 5.97. The molecule has 0 aliphatic rings. The molecule has 15 heavy (non-hydrogen) atoms. The second-order valence-corrected chi connectivity index (χ2v) is 5.31. The zero-order chi connectivity index (χ0) is 11.1. The van der Waals surface area contributed by atoms with E-state index >= 15 is 0 Å². The van der Waals surface area contributed by atoms with Crippen molar-refractivity contribution in [3.05, 3.63) is 33.4 Å². The molecular weight excluding hydrogens is 297 g/mol. The lowest BCUT2D eigenvalue weighted by atomic mass is 10.0. The van der Waals surface area contributed by atoms with Crippen molar-refractivity contribution in [2.45, 2.75) is 45.1 Å². The smallest absolute Gasteiger partial charge is 0.0130 e. The van der Waals surface area contributed by atoms with Gasteiger partial charge < -0.3 is 5.73 Å². The standard InChI is InChI=1S/C13H20IN/c1-2-4-13(15)6-3-5-11-7-9-12(14)10-8-11/h7-10,13H,2-6,15H2,1H3. The van der Waals surface area contributed by atoms with Crippen molar-refractivity contribution < 1.29 is 0 Å². The van der Waals surface area contributed by atoms with E-state index in [1.165, 1.54) is 22.0 Å². The number of rotatable bonds is 6. The van der Waals surface area contributed by atoms with Gasteiger partial charge in [0.15, 0.2) is 0 Å². The van der Waals surface area contributed by atoms with Gasteiger partial charge in [0.1, 0.15) is 0 Å². The van der Waals surface area contributed by atoms with Crippen LogP contribution in [0.15, 0.2) is 24.3 Å². The summed E-state index contributed by atoms with van der Waals surface area (Å²) in [5.41, 5.74) is 7.40. The van der Waals surface area contributed by atoms with Crippen LogP contribution in [0.25, 0.3) is 0 Å². The lowest BCUT2D eigenvalue weighted by Crippen LogP contribution is -2.19. The van der Waals surface area contributed by atoms with Gasteiger partial charge in [-0.15, -0.1) is 0 Å². The van der Waals surface area contributed by atoms with E-state index in [1.807, 2.05) is 0 Å². The Hall–Kier alpha value is -0.0900. The van der Waals surface area contributed by atoms with Gasteiger partial charge in [-0.1, -0.05) is 25.5 Å². The van der Waals surface area contributed by atoms with E-state index in [1.54, 1.807) is 0 Å². The molecule has 1 unspecified atom stereocenters. The first-order valence-electron chi connectivity index (χ1n) is 5.72. The van der Waals surface area contributed by atoms with Gasteiger partial charge in [-0.05, 0) is 66.0 Å². The van der Waals surface area contributed by atoms with E-state index in [0.29, 0.717) is 6.04 Å². The van der Waals surface area contributed by atoms with Gasteiger partial charge >= 0.3 is 0 Å². The van der Waals surface area contributed by atoms with Gasteiger partial charge in [-0.25, -0.2) is 0 Å². The summed E-state index contributed by atoms with van der Waals surface area (Å²) < 4.78 is 1.30. The summed E-state index contributed by atoms with van der Waals surface area (Å²) >= 11 is 2.34. The van der Waals surface area contributed by atoms with Crippen LogP contribution < -0.4 is 5.73 Å². The van der Waals surface area contributed by atoms with E-state index in [-0.39, 0.29) is 0 Å². The van der Waals surface area contributed by atoms with Crippen molar-refractivity contribution in [1.29, 1.82) is 0 Å². The lowest BCUT2D eigenvalue weighted by Gasteiger charge is -2.09. The number of benzene rings is 1. The van der Waals surface area contributed by atoms with Gasteiger partial charge in [0.25, 0.3) is 0 Å². The molecule has 2 heteroatoms. The quantitative estimate of drug-likeness (QED) is 0.795. The normalized spacial score (nSPS) is 12.7. The molecule has 0 radical (unpaired) electrons. The van der Waals surface area contributed by atoms with E-state index < -0.39 is 0 Å². The van der Waals surface area contributed by atoms with Crippen LogP contribution in [0, 0.1) is 3.57 Å². The van der Waals surface area contributed by atoms with Gasteiger partial charge in [0.05, 0.1) is 0 Å². The topological polar surface area (TPSA) is 26.0 Å². The van der Waals surface area contributed by atoms with Crippen LogP contribution in [-0.4, -0.2) is 6.04 Å². The van der Waals surface area contributed by atoms with Crippen LogP contribution >= 0.6 is 22.6 Å². The highest BCUT2D eigenvalue weighted by Gasteiger charge is 2.00. The number of halogens is 1. The van der Waals surface area contributed by atoms with Crippen molar-refractivity contribution in [3.63, 3.8) is 0 Å². The SMILES string of the molecule is CCCC(N)CCCc1ccc(I)cc1. The minimum absolute atomic E-state index is 0.402. The van der Waals surface area contributed by atoms with Crippen LogP contribution in [0.1, 0.15) is 38.2 Å². The predicted octanol–water partition coefficient (Wildman–Crippen LogP) is 3.74. The van der Waals surface area contributed by atoms with Gasteiger partial charge in [-0.2, -0.15) is 0 Å². The molecule has 1 rings (SSSR count). The molecule has 2 N–H and O–H groups in total. The number of aryl methyl sites for hydroxylation is 1. The van der Waals surface area contributed by atoms with Crippen molar-refractivity contribution in [3.8, 4) is 0 Å². The van der Waals surface area contributed by atoms with Crippen molar-refractivity contribution in [2.75, 3.05) is 0 Å². The fourth-order valence-electron chi connectivity index (χ4n) is 1.73. The first kappa shape index (κ1) is 13.0. The van der Waals surface area contributed by atoms with Gasteiger partial charge in [0, 0.05) is 9.61 Å². The Bertz CT molecular complexity index is 268. The number of hydrogen-bond acceptors (Lipinski definition) is 1. The average molecular weight is 317 g/mol. The number of nitrogens with two attached hydrogens (primary N) is 1. The summed E-state index contributed by atoms with van der Waals surface area (Å²) in [5.74, 6) is 0. The monoisotopic (exact) mass is 317 g/mol. The van der Waals surface area contributed by atoms with Crippen molar-refractivity contribution in [1.82, 2.24) is 0 Å². The molecule has 0 aliphatic carbocycles. The summed E-state index contributed by atoms with van der Waals surface area (Å²) in [4.78, 5) is 0. The molecule has 1 aromatic carbocycles. The lowest BCUT2D eigenvalue weighted by molar-refractivity contribution is 0.539. The van der Waals surface area contributed by atoms with Crippen molar-refractivity contribution >= 4 is 22.6 Å². The molecule has 1 atom stereocenters. The third-order valence-corrected chi connectivity index (χ3v) is 3.33. The summed E-state index contributed by atoms with van der Waals surface area (Å²) in [6.45, 7) is 2.19. The van der Waals surface area contributed by atoms with Crippen LogP contribution in [0.2, 0.25) is 0 Å². The Kier molecular flexibility index (Phi) is 6.25. The highest BCUT2D eigenvalue weighted by atomic mass is 127. The molecule has 0 aromatic heterocycles. The van der Waals surface area contributed by atoms with Crippen LogP contribution in [0.5, 0.6) is 0 Å². The molecular formula is C13H20IN. The van der Waals surface area contributed by atoms with Gasteiger partial charge in [0.2, 0.25) is 0 Å². The van der Waals surface area contributed by atoms with Crippen molar-refractivity contribution in [2.24, 2.45) is 5.73 Å². The van der Waals surface area contributed by atoms with Crippen LogP contribution in [0.3, 0.4) is 0 Å². The Labute approximate surface area is 107 Å². The molecule has 1 aromatic rings. The second kappa shape index (κ2) is 7.23. The first-order chi connectivity index (χ1) is 7.22. The van der Waals surface area contributed by atoms with E-state index in [0.717, 1.165) is 19.3 Å². The summed E-state index contributed by atoms with van der Waals surface area (Å²) in [6.07, 6.45) is 5.88. The Morgan fingerprint density at radius 1 is 1.20 bits per heavy atom. The minimum atomic E-state index is 0.402. The molecule has 0 spiro atoms. The van der Waals surface area contributed by atoms with Crippen LogP contribution in [0.4, 0.5) is 0 Å². The summed E-state index contributed by atoms with van der Waals surface area (Å²) in [7, 11) is 0. The Morgan fingerprint density at radius 2 is 1.87 bits per heavy atom. The fourth-order valence-corrected chi connectivity index (χ4v) is 2.09. The van der Waals surface area contributed by atoms with Crippen LogP contribution in [-0.2, 0) is 6.42 Å². The second-order valence-electron chi connectivity index (χ2n) is 4.07. The zero-order valence-electron chi connectivity index (χ0n) is 9.38.